The molecule has 0 saturated heterocycles. The van der Waals surface area contributed by atoms with Gasteiger partial charge in [-0.2, -0.15) is 0 Å². The van der Waals surface area contributed by atoms with Gasteiger partial charge in [-0.3, -0.25) is 0 Å². The van der Waals surface area contributed by atoms with Gasteiger partial charge in [-0.25, -0.2) is 9.78 Å². The summed E-state index contributed by atoms with van der Waals surface area (Å²) in [5.41, 5.74) is 0.863. The van der Waals surface area contributed by atoms with Gasteiger partial charge in [0.05, 0.1) is 0 Å². The van der Waals surface area contributed by atoms with E-state index < -0.39 is 5.97 Å². The first-order chi connectivity index (χ1) is 9.27. The Morgan fingerprint density at radius 1 is 1.45 bits per heavy atom. The average molecular weight is 311 g/mol. The van der Waals surface area contributed by atoms with Crippen molar-refractivity contribution >= 4 is 28.6 Å². The Kier molecular flexibility index (Phi) is 4.15. The number of thiophene rings is 1. The second kappa shape index (κ2) is 5.54. The van der Waals surface area contributed by atoms with E-state index in [4.69, 9.17) is 4.74 Å². The van der Waals surface area contributed by atoms with Crippen LogP contribution in [0.25, 0.3) is 0 Å². The van der Waals surface area contributed by atoms with Crippen molar-refractivity contribution in [2.45, 2.75) is 39.7 Å². The van der Waals surface area contributed by atoms with Crippen molar-refractivity contribution in [1.82, 2.24) is 4.98 Å². The highest BCUT2D eigenvalue weighted by atomic mass is 32.1. The number of carboxylic acid groups (broad SMARTS) is 1. The third kappa shape index (κ3) is 3.37. The first-order valence-corrected chi connectivity index (χ1v) is 7.88. The third-order valence-electron chi connectivity index (χ3n) is 2.65. The SMILES string of the molecule is Cc1csc(COc2cc(C(C)(C)C)sc2C(=O)O)n1. The molecule has 4 nitrogen and oxygen atoms in total. The molecule has 0 unspecified atom stereocenters. The zero-order chi connectivity index (χ0) is 14.9. The molecular formula is C14H17NO3S2. The van der Waals surface area contributed by atoms with Gasteiger partial charge >= 0.3 is 5.97 Å². The Balaban J connectivity index is 2.21. The molecule has 0 aliphatic carbocycles. The number of nitrogens with zero attached hydrogens (tertiary/aromatic N) is 1. The Morgan fingerprint density at radius 3 is 2.65 bits per heavy atom. The highest BCUT2D eigenvalue weighted by Gasteiger charge is 2.23. The predicted molar refractivity (Wildman–Crippen MR) is 81.2 cm³/mol. The summed E-state index contributed by atoms with van der Waals surface area (Å²) in [6.45, 7) is 8.39. The number of carboxylic acids is 1. The monoisotopic (exact) mass is 311 g/mol. The summed E-state index contributed by atoms with van der Waals surface area (Å²) >= 11 is 2.79. The summed E-state index contributed by atoms with van der Waals surface area (Å²) in [7, 11) is 0. The lowest BCUT2D eigenvalue weighted by molar-refractivity contribution is 0.0697. The first-order valence-electron chi connectivity index (χ1n) is 6.19. The Hall–Kier alpha value is -1.40. The maximum atomic E-state index is 11.3. The number of aromatic nitrogens is 1. The number of aromatic carboxylic acids is 1. The van der Waals surface area contributed by atoms with Gasteiger partial charge in [0.25, 0.3) is 0 Å². The maximum absolute atomic E-state index is 11.3. The van der Waals surface area contributed by atoms with Gasteiger partial charge < -0.3 is 9.84 Å². The molecule has 0 aliphatic heterocycles. The van der Waals surface area contributed by atoms with E-state index in [0.717, 1.165) is 15.6 Å². The van der Waals surface area contributed by atoms with Gasteiger partial charge in [0, 0.05) is 16.0 Å². The van der Waals surface area contributed by atoms with Crippen LogP contribution < -0.4 is 4.74 Å². The zero-order valence-electron chi connectivity index (χ0n) is 11.9. The summed E-state index contributed by atoms with van der Waals surface area (Å²) in [6, 6.07) is 1.83. The Labute approximate surface area is 126 Å². The van der Waals surface area contributed by atoms with E-state index in [9.17, 15) is 9.90 Å². The summed E-state index contributed by atoms with van der Waals surface area (Å²) in [5, 5.41) is 12.1. The van der Waals surface area contributed by atoms with Crippen molar-refractivity contribution in [3.05, 3.63) is 31.9 Å². The average Bonchev–Trinajstić information content (AvgIpc) is 2.91. The number of rotatable bonds is 4. The van der Waals surface area contributed by atoms with Crippen LogP contribution in [-0.2, 0) is 12.0 Å². The zero-order valence-corrected chi connectivity index (χ0v) is 13.5. The van der Waals surface area contributed by atoms with Crippen LogP contribution in [0.4, 0.5) is 0 Å². The fourth-order valence-electron chi connectivity index (χ4n) is 1.61. The Bertz CT molecular complexity index is 623. The van der Waals surface area contributed by atoms with Crippen molar-refractivity contribution < 1.29 is 14.6 Å². The number of ether oxygens (including phenoxy) is 1. The van der Waals surface area contributed by atoms with Crippen molar-refractivity contribution in [3.63, 3.8) is 0 Å². The van der Waals surface area contributed by atoms with Crippen LogP contribution >= 0.6 is 22.7 Å². The highest BCUT2D eigenvalue weighted by molar-refractivity contribution is 7.14. The molecule has 2 aromatic heterocycles. The number of carbonyl (C=O) groups is 1. The molecule has 20 heavy (non-hydrogen) atoms. The predicted octanol–water partition coefficient (Wildman–Crippen LogP) is 4.09. The van der Waals surface area contributed by atoms with Crippen LogP contribution in [0, 0.1) is 6.92 Å². The van der Waals surface area contributed by atoms with Crippen molar-refractivity contribution in [1.29, 1.82) is 0 Å². The van der Waals surface area contributed by atoms with Crippen LogP contribution in [0.2, 0.25) is 0 Å². The highest BCUT2D eigenvalue weighted by Crippen LogP contribution is 2.37. The van der Waals surface area contributed by atoms with Crippen molar-refractivity contribution in [2.24, 2.45) is 0 Å². The van der Waals surface area contributed by atoms with Crippen LogP contribution in [0.1, 0.15) is 46.0 Å². The normalized spacial score (nSPS) is 11.6. The fourth-order valence-corrected chi connectivity index (χ4v) is 3.29. The molecule has 6 heteroatoms. The minimum Gasteiger partial charge on any atom is -0.485 e. The summed E-state index contributed by atoms with van der Waals surface area (Å²) < 4.78 is 5.65. The summed E-state index contributed by atoms with van der Waals surface area (Å²) in [6.07, 6.45) is 0. The van der Waals surface area contributed by atoms with E-state index in [-0.39, 0.29) is 10.3 Å². The quantitative estimate of drug-likeness (QED) is 0.924. The van der Waals surface area contributed by atoms with Crippen LogP contribution in [0.3, 0.4) is 0 Å². The lowest BCUT2D eigenvalue weighted by atomic mass is 9.95. The third-order valence-corrected chi connectivity index (χ3v) is 5.12. The van der Waals surface area contributed by atoms with Gasteiger partial charge in [-0.1, -0.05) is 20.8 Å². The molecule has 0 amide bonds. The smallest absolute Gasteiger partial charge is 0.349 e. The van der Waals surface area contributed by atoms with Crippen LogP contribution in [0.5, 0.6) is 5.75 Å². The molecule has 2 heterocycles. The number of hydrogen-bond donors (Lipinski definition) is 1. The van der Waals surface area contributed by atoms with Gasteiger partial charge in [-0.15, -0.1) is 22.7 Å². The molecule has 0 bridgehead atoms. The molecule has 0 atom stereocenters. The van der Waals surface area contributed by atoms with Crippen molar-refractivity contribution in [3.8, 4) is 5.75 Å². The van der Waals surface area contributed by atoms with Gasteiger partial charge in [0.2, 0.25) is 0 Å². The van der Waals surface area contributed by atoms with Gasteiger partial charge in [-0.05, 0) is 18.4 Å². The lowest BCUT2D eigenvalue weighted by Gasteiger charge is -2.14. The van der Waals surface area contributed by atoms with Gasteiger partial charge in [0.1, 0.15) is 17.4 Å². The number of hydrogen-bond acceptors (Lipinski definition) is 5. The summed E-state index contributed by atoms with van der Waals surface area (Å²) in [4.78, 5) is 16.9. The molecule has 0 saturated carbocycles. The van der Waals surface area contributed by atoms with Crippen LogP contribution in [0.15, 0.2) is 11.4 Å². The minimum absolute atomic E-state index is 0.0890. The number of thiazole rings is 1. The van der Waals surface area contributed by atoms with Gasteiger partial charge in [0.15, 0.2) is 4.88 Å². The van der Waals surface area contributed by atoms with E-state index in [1.165, 1.54) is 22.7 Å². The topological polar surface area (TPSA) is 59.4 Å². The van der Waals surface area contributed by atoms with E-state index >= 15 is 0 Å². The molecule has 1 N–H and O–H groups in total. The molecular weight excluding hydrogens is 294 g/mol. The summed E-state index contributed by atoms with van der Waals surface area (Å²) in [5.74, 6) is -0.518. The lowest BCUT2D eigenvalue weighted by Crippen LogP contribution is -2.08. The Morgan fingerprint density at radius 2 is 2.15 bits per heavy atom. The maximum Gasteiger partial charge on any atom is 0.349 e. The molecule has 0 spiro atoms. The van der Waals surface area contributed by atoms with Crippen LogP contribution in [-0.4, -0.2) is 16.1 Å². The van der Waals surface area contributed by atoms with E-state index in [2.05, 4.69) is 25.8 Å². The largest absolute Gasteiger partial charge is 0.485 e. The fraction of sp³-hybridized carbons (Fsp3) is 0.429. The van der Waals surface area contributed by atoms with E-state index in [1.54, 1.807) is 0 Å². The van der Waals surface area contributed by atoms with Crippen molar-refractivity contribution in [2.75, 3.05) is 0 Å². The molecule has 0 fully saturated rings. The van der Waals surface area contributed by atoms with E-state index in [0.29, 0.717) is 12.4 Å². The minimum atomic E-state index is -0.948. The number of aryl methyl sites for hydroxylation is 1. The standard InChI is InChI=1S/C14H17NO3S2/c1-8-7-19-11(15-8)6-18-9-5-10(14(2,3)4)20-12(9)13(16)17/h5,7H,6H2,1-4H3,(H,16,17). The van der Waals surface area contributed by atoms with E-state index in [1.807, 2.05) is 18.4 Å². The second-order valence-corrected chi connectivity index (χ2v) is 7.53. The second-order valence-electron chi connectivity index (χ2n) is 5.53. The molecule has 2 rings (SSSR count). The molecule has 108 valence electrons. The molecule has 2 aromatic rings. The first kappa shape index (κ1) is 15.0. The molecule has 0 aliphatic rings. The molecule has 0 aromatic carbocycles. The molecule has 0 radical (unpaired) electrons.